The molecule has 0 bridgehead atoms. The summed E-state index contributed by atoms with van der Waals surface area (Å²) >= 11 is 3.15. The molecule has 0 saturated heterocycles. The molecule has 1 rings (SSSR count). The Kier molecular flexibility index (Phi) is 5.66. The van der Waals surface area contributed by atoms with Gasteiger partial charge in [-0.25, -0.2) is 4.39 Å². The molecule has 0 atom stereocenters. The minimum atomic E-state index is -0.263. The number of nitrogens with zero attached hydrogens (tertiary/aromatic N) is 1. The van der Waals surface area contributed by atoms with Crippen LogP contribution in [0.5, 0.6) is 0 Å². The molecule has 0 spiro atoms. The lowest BCUT2D eigenvalue weighted by atomic mass is 10.2. The van der Waals surface area contributed by atoms with Crippen molar-refractivity contribution in [2.24, 2.45) is 0 Å². The van der Waals surface area contributed by atoms with E-state index in [0.717, 1.165) is 5.56 Å². The first-order valence-corrected chi connectivity index (χ1v) is 5.84. The Balaban J connectivity index is 2.68. The second-order valence-electron chi connectivity index (χ2n) is 3.50. The summed E-state index contributed by atoms with van der Waals surface area (Å²) in [4.78, 5) is 2.03. The molecule has 0 aliphatic rings. The van der Waals surface area contributed by atoms with Gasteiger partial charge in [0.25, 0.3) is 0 Å². The van der Waals surface area contributed by atoms with E-state index < -0.39 is 0 Å². The van der Waals surface area contributed by atoms with Gasteiger partial charge in [-0.15, -0.1) is 6.58 Å². The van der Waals surface area contributed by atoms with Gasteiger partial charge in [0.2, 0.25) is 0 Å². The second-order valence-corrected chi connectivity index (χ2v) is 4.35. The normalized spacial score (nSPS) is 10.8. The Hall–Kier alpha value is -0.710. The summed E-state index contributed by atoms with van der Waals surface area (Å²) in [5.74, 6) is -0.263. The number of rotatable bonds is 6. The number of aliphatic hydroxyl groups excluding tert-OH is 1. The minimum absolute atomic E-state index is 0.107. The van der Waals surface area contributed by atoms with E-state index in [1.807, 2.05) is 4.90 Å². The van der Waals surface area contributed by atoms with Crippen LogP contribution in [-0.4, -0.2) is 29.7 Å². The molecule has 88 valence electrons. The fraction of sp³-hybridized carbons (Fsp3) is 0.333. The van der Waals surface area contributed by atoms with Crippen molar-refractivity contribution >= 4 is 15.9 Å². The molecule has 0 aromatic heterocycles. The molecule has 0 fully saturated rings. The highest BCUT2D eigenvalue weighted by Gasteiger charge is 2.05. The summed E-state index contributed by atoms with van der Waals surface area (Å²) < 4.78 is 13.5. The predicted octanol–water partition coefficient (Wildman–Crippen LogP) is 2.57. The maximum atomic E-state index is 13.0. The summed E-state index contributed by atoms with van der Waals surface area (Å²) in [6.45, 7) is 5.73. The van der Waals surface area contributed by atoms with Crippen molar-refractivity contribution in [1.29, 1.82) is 0 Å². The first kappa shape index (κ1) is 13.4. The fourth-order valence-corrected chi connectivity index (χ4v) is 1.88. The lowest BCUT2D eigenvalue weighted by Crippen LogP contribution is -2.26. The molecule has 0 radical (unpaired) electrons. The van der Waals surface area contributed by atoms with Gasteiger partial charge in [-0.3, -0.25) is 4.90 Å². The third-order valence-corrected chi connectivity index (χ3v) is 2.80. The number of benzene rings is 1. The van der Waals surface area contributed by atoms with E-state index in [9.17, 15) is 4.39 Å². The monoisotopic (exact) mass is 287 g/mol. The van der Waals surface area contributed by atoms with Crippen molar-refractivity contribution in [2.75, 3.05) is 19.7 Å². The molecule has 2 nitrogen and oxygen atoms in total. The van der Waals surface area contributed by atoms with Crippen LogP contribution in [0.3, 0.4) is 0 Å². The van der Waals surface area contributed by atoms with Gasteiger partial charge in [-0.05, 0) is 33.6 Å². The highest BCUT2D eigenvalue weighted by atomic mass is 79.9. The number of hydrogen-bond donors (Lipinski definition) is 1. The summed E-state index contributed by atoms with van der Waals surface area (Å²) in [5, 5.41) is 8.89. The quantitative estimate of drug-likeness (QED) is 0.813. The number of halogens is 2. The molecule has 0 unspecified atom stereocenters. The Morgan fingerprint density at radius 2 is 2.25 bits per heavy atom. The molecule has 1 aromatic carbocycles. The van der Waals surface area contributed by atoms with Crippen molar-refractivity contribution in [2.45, 2.75) is 6.54 Å². The Morgan fingerprint density at radius 3 is 2.81 bits per heavy atom. The Bertz CT molecular complexity index is 357. The van der Waals surface area contributed by atoms with Gasteiger partial charge in [0, 0.05) is 19.6 Å². The van der Waals surface area contributed by atoms with Crippen molar-refractivity contribution < 1.29 is 9.50 Å². The van der Waals surface area contributed by atoms with E-state index >= 15 is 0 Å². The van der Waals surface area contributed by atoms with E-state index in [-0.39, 0.29) is 12.4 Å². The molecule has 0 aliphatic heterocycles. The maximum Gasteiger partial charge on any atom is 0.137 e. The van der Waals surface area contributed by atoms with Crippen LogP contribution in [0.2, 0.25) is 0 Å². The van der Waals surface area contributed by atoms with Crippen molar-refractivity contribution in [1.82, 2.24) is 4.90 Å². The Morgan fingerprint density at radius 1 is 1.50 bits per heavy atom. The third kappa shape index (κ3) is 4.04. The highest BCUT2D eigenvalue weighted by molar-refractivity contribution is 9.10. The first-order chi connectivity index (χ1) is 7.67. The summed E-state index contributed by atoms with van der Waals surface area (Å²) in [6, 6.07) is 4.93. The van der Waals surface area contributed by atoms with Crippen molar-refractivity contribution in [3.05, 3.63) is 46.7 Å². The third-order valence-electron chi connectivity index (χ3n) is 2.19. The van der Waals surface area contributed by atoms with Crippen LogP contribution in [0.4, 0.5) is 4.39 Å². The van der Waals surface area contributed by atoms with Crippen LogP contribution in [0.1, 0.15) is 5.56 Å². The number of aliphatic hydroxyl groups is 1. The fourth-order valence-electron chi connectivity index (χ4n) is 1.46. The van der Waals surface area contributed by atoms with E-state index in [1.165, 1.54) is 6.07 Å². The lowest BCUT2D eigenvalue weighted by molar-refractivity contribution is 0.203. The van der Waals surface area contributed by atoms with E-state index in [4.69, 9.17) is 5.11 Å². The van der Waals surface area contributed by atoms with Crippen LogP contribution < -0.4 is 0 Å². The zero-order valence-electron chi connectivity index (χ0n) is 9.00. The average Bonchev–Trinajstić information content (AvgIpc) is 2.24. The lowest BCUT2D eigenvalue weighted by Gasteiger charge is -2.19. The molecule has 1 aromatic rings. The molecule has 16 heavy (non-hydrogen) atoms. The van der Waals surface area contributed by atoms with Crippen LogP contribution in [0.15, 0.2) is 35.3 Å². The van der Waals surface area contributed by atoms with Gasteiger partial charge < -0.3 is 5.11 Å². The summed E-state index contributed by atoms with van der Waals surface area (Å²) in [5.41, 5.74) is 1.00. The molecule has 0 aliphatic carbocycles. The summed E-state index contributed by atoms with van der Waals surface area (Å²) in [6.07, 6.45) is 1.79. The van der Waals surface area contributed by atoms with Gasteiger partial charge in [0.1, 0.15) is 5.82 Å². The zero-order chi connectivity index (χ0) is 12.0. The standard InChI is InChI=1S/C12H15BrFNO/c1-2-5-15(6-7-16)9-10-3-4-12(14)11(13)8-10/h2-4,8,16H,1,5-7,9H2. The summed E-state index contributed by atoms with van der Waals surface area (Å²) in [7, 11) is 0. The highest BCUT2D eigenvalue weighted by Crippen LogP contribution is 2.17. The molecule has 0 saturated carbocycles. The van der Waals surface area contributed by atoms with E-state index in [1.54, 1.807) is 18.2 Å². The van der Waals surface area contributed by atoms with Crippen molar-refractivity contribution in [3.8, 4) is 0 Å². The zero-order valence-corrected chi connectivity index (χ0v) is 10.6. The molecule has 0 amide bonds. The van der Waals surface area contributed by atoms with Gasteiger partial charge in [0.05, 0.1) is 11.1 Å². The van der Waals surface area contributed by atoms with Gasteiger partial charge >= 0.3 is 0 Å². The van der Waals surface area contributed by atoms with Gasteiger partial charge in [0.15, 0.2) is 0 Å². The van der Waals surface area contributed by atoms with Crippen LogP contribution >= 0.6 is 15.9 Å². The van der Waals surface area contributed by atoms with E-state index in [0.29, 0.717) is 24.1 Å². The van der Waals surface area contributed by atoms with Crippen LogP contribution in [0.25, 0.3) is 0 Å². The number of hydrogen-bond acceptors (Lipinski definition) is 2. The second kappa shape index (κ2) is 6.78. The van der Waals surface area contributed by atoms with E-state index in [2.05, 4.69) is 22.5 Å². The van der Waals surface area contributed by atoms with Gasteiger partial charge in [-0.2, -0.15) is 0 Å². The average molecular weight is 288 g/mol. The molecular formula is C12H15BrFNO. The van der Waals surface area contributed by atoms with Gasteiger partial charge in [-0.1, -0.05) is 12.1 Å². The molecule has 1 N–H and O–H groups in total. The SMILES string of the molecule is C=CCN(CCO)Cc1ccc(F)c(Br)c1. The Labute approximate surface area is 104 Å². The van der Waals surface area contributed by atoms with Crippen molar-refractivity contribution in [3.63, 3.8) is 0 Å². The molecule has 4 heteroatoms. The first-order valence-electron chi connectivity index (χ1n) is 5.05. The molecular weight excluding hydrogens is 273 g/mol. The maximum absolute atomic E-state index is 13.0. The van der Waals surface area contributed by atoms with Crippen LogP contribution in [-0.2, 0) is 6.54 Å². The largest absolute Gasteiger partial charge is 0.395 e. The topological polar surface area (TPSA) is 23.5 Å². The van der Waals surface area contributed by atoms with Crippen LogP contribution in [0, 0.1) is 5.82 Å². The smallest absolute Gasteiger partial charge is 0.137 e. The predicted molar refractivity (Wildman–Crippen MR) is 66.7 cm³/mol. The minimum Gasteiger partial charge on any atom is -0.395 e. The molecule has 0 heterocycles.